The summed E-state index contributed by atoms with van der Waals surface area (Å²) in [4.78, 5) is 19.9. The second kappa shape index (κ2) is 9.61. The summed E-state index contributed by atoms with van der Waals surface area (Å²) in [6.45, 7) is 2.15. The molecule has 2 saturated carbocycles. The van der Waals surface area contributed by atoms with Gasteiger partial charge < -0.3 is 15.4 Å². The molecule has 6 nitrogen and oxygen atoms in total. The lowest BCUT2D eigenvalue weighted by molar-refractivity contribution is -0.120. The van der Waals surface area contributed by atoms with Gasteiger partial charge in [0.2, 0.25) is 5.91 Å². The number of anilines is 1. The van der Waals surface area contributed by atoms with Gasteiger partial charge in [-0.25, -0.2) is 0 Å². The molecule has 1 amide bonds. The van der Waals surface area contributed by atoms with Crippen molar-refractivity contribution < 1.29 is 13.7 Å². The van der Waals surface area contributed by atoms with Crippen molar-refractivity contribution in [1.29, 1.82) is 0 Å². The maximum absolute atomic E-state index is 13.1. The minimum Gasteiger partial charge on any atom is -0.489 e. The number of hydrogen-bond acceptors (Lipinski definition) is 5. The predicted octanol–water partition coefficient (Wildman–Crippen LogP) is 3.98. The summed E-state index contributed by atoms with van der Waals surface area (Å²) in [5, 5.41) is 0. The smallest absolute Gasteiger partial charge is 0.230 e. The zero-order valence-corrected chi connectivity index (χ0v) is 20.3. The number of amides is 1. The molecule has 0 radical (unpaired) electrons. The van der Waals surface area contributed by atoms with Crippen LogP contribution in [0.4, 0.5) is 5.69 Å². The van der Waals surface area contributed by atoms with E-state index in [1.165, 1.54) is 6.42 Å². The lowest BCUT2D eigenvalue weighted by Gasteiger charge is -2.38. The van der Waals surface area contributed by atoms with Crippen LogP contribution < -0.4 is 15.4 Å². The standard InChI is InChI=1S/C26H35N3O3S/c1-17-5-8-23-24(29(17)26(30)18-6-7-18)10-9-22(25(23)32-21-3-2-4-21)19(15-27)16-28-20-11-13-33(31)14-12-20/h9-10,15-18,20-21H,2-8,11-14,27H2,1H3. The highest BCUT2D eigenvalue weighted by Gasteiger charge is 2.39. The van der Waals surface area contributed by atoms with Crippen molar-refractivity contribution in [2.24, 2.45) is 16.6 Å². The SMILES string of the molecule is CC1CCc2c(ccc(C(C=NC3CCS(=O)CC3)=CN)c2OC2CCC2)N1C(=O)C1CC1. The molecule has 1 atom stereocenters. The number of rotatable bonds is 6. The molecule has 1 aromatic rings. The van der Waals surface area contributed by atoms with Crippen LogP contribution in [0.1, 0.15) is 69.4 Å². The fourth-order valence-electron chi connectivity index (χ4n) is 5.00. The third-order valence-corrected chi connectivity index (χ3v) is 8.90. The van der Waals surface area contributed by atoms with Crippen molar-refractivity contribution in [1.82, 2.24) is 0 Å². The topological polar surface area (TPSA) is 85.0 Å². The van der Waals surface area contributed by atoms with E-state index >= 15 is 0 Å². The number of allylic oxidation sites excluding steroid dienone is 1. The molecule has 1 saturated heterocycles. The van der Waals surface area contributed by atoms with E-state index in [1.54, 1.807) is 6.20 Å². The summed E-state index contributed by atoms with van der Waals surface area (Å²) in [5.41, 5.74) is 10.0. The van der Waals surface area contributed by atoms with Gasteiger partial charge in [0.15, 0.2) is 0 Å². The van der Waals surface area contributed by atoms with Gasteiger partial charge in [0.05, 0.1) is 17.8 Å². The normalized spacial score (nSPS) is 28.5. The number of ether oxygens (including phenoxy) is 1. The Bertz CT molecular complexity index is 987. The second-order valence-electron chi connectivity index (χ2n) is 9.96. The Morgan fingerprint density at radius 3 is 2.55 bits per heavy atom. The Morgan fingerprint density at radius 1 is 1.15 bits per heavy atom. The first kappa shape index (κ1) is 22.6. The molecule has 5 rings (SSSR count). The first-order valence-electron chi connectivity index (χ1n) is 12.5. The zero-order chi connectivity index (χ0) is 22.9. The molecule has 4 aliphatic rings. The Labute approximate surface area is 199 Å². The van der Waals surface area contributed by atoms with E-state index in [0.29, 0.717) is 0 Å². The van der Waals surface area contributed by atoms with E-state index in [0.717, 1.165) is 91.0 Å². The Hall–Kier alpha value is -2.15. The number of nitrogens with two attached hydrogens (primary N) is 1. The van der Waals surface area contributed by atoms with Crippen molar-refractivity contribution >= 4 is 34.2 Å². The van der Waals surface area contributed by atoms with Gasteiger partial charge in [-0.05, 0) is 76.8 Å². The van der Waals surface area contributed by atoms with E-state index in [9.17, 15) is 9.00 Å². The van der Waals surface area contributed by atoms with Crippen LogP contribution in [0.5, 0.6) is 5.75 Å². The van der Waals surface area contributed by atoms with Gasteiger partial charge in [0, 0.05) is 63.4 Å². The average molecular weight is 470 g/mol. The van der Waals surface area contributed by atoms with Crippen molar-refractivity contribution in [3.05, 3.63) is 29.5 Å². The van der Waals surface area contributed by atoms with E-state index in [4.69, 9.17) is 15.5 Å². The molecule has 0 aromatic heterocycles. The lowest BCUT2D eigenvalue weighted by atomic mass is 9.90. The van der Waals surface area contributed by atoms with Crippen molar-refractivity contribution in [2.75, 3.05) is 16.4 Å². The van der Waals surface area contributed by atoms with Crippen LogP contribution in [-0.2, 0) is 22.0 Å². The van der Waals surface area contributed by atoms with Crippen LogP contribution >= 0.6 is 0 Å². The number of aliphatic imine (C=N–C) groups is 1. The van der Waals surface area contributed by atoms with Gasteiger partial charge in [-0.2, -0.15) is 0 Å². The molecule has 2 heterocycles. The molecule has 7 heteroatoms. The monoisotopic (exact) mass is 469 g/mol. The molecule has 1 aromatic carbocycles. The highest BCUT2D eigenvalue weighted by molar-refractivity contribution is 7.85. The summed E-state index contributed by atoms with van der Waals surface area (Å²) in [6, 6.07) is 4.53. The number of nitrogens with zero attached hydrogens (tertiary/aromatic N) is 2. The molecular formula is C26H35N3O3S. The van der Waals surface area contributed by atoms with Crippen LogP contribution in [0.2, 0.25) is 0 Å². The fourth-order valence-corrected chi connectivity index (χ4v) is 6.28. The molecular weight excluding hydrogens is 434 g/mol. The molecule has 1 unspecified atom stereocenters. The molecule has 178 valence electrons. The lowest BCUT2D eigenvalue weighted by Crippen LogP contribution is -2.43. The summed E-state index contributed by atoms with van der Waals surface area (Å²) in [6.07, 6.45) is 12.6. The van der Waals surface area contributed by atoms with Crippen LogP contribution in [0.25, 0.3) is 5.57 Å². The molecule has 2 aliphatic heterocycles. The number of fused-ring (bicyclic) bond motifs is 1. The van der Waals surface area contributed by atoms with E-state index in [-0.39, 0.29) is 30.0 Å². The summed E-state index contributed by atoms with van der Waals surface area (Å²) in [7, 11) is -0.695. The highest BCUT2D eigenvalue weighted by atomic mass is 32.2. The van der Waals surface area contributed by atoms with Gasteiger partial charge in [-0.1, -0.05) is 0 Å². The van der Waals surface area contributed by atoms with E-state index in [2.05, 4.69) is 19.1 Å². The fraction of sp³-hybridized carbons (Fsp3) is 0.615. The molecule has 3 fully saturated rings. The molecule has 0 spiro atoms. The zero-order valence-electron chi connectivity index (χ0n) is 19.5. The molecule has 2 aliphatic carbocycles. The Kier molecular flexibility index (Phi) is 6.59. The van der Waals surface area contributed by atoms with Crippen molar-refractivity contribution in [3.8, 4) is 5.75 Å². The van der Waals surface area contributed by atoms with Crippen LogP contribution in [0.15, 0.2) is 23.3 Å². The minimum atomic E-state index is -0.695. The molecule has 2 N–H and O–H groups in total. The van der Waals surface area contributed by atoms with Gasteiger partial charge >= 0.3 is 0 Å². The Balaban J connectivity index is 1.48. The summed E-state index contributed by atoms with van der Waals surface area (Å²) < 4.78 is 18.2. The largest absolute Gasteiger partial charge is 0.489 e. The average Bonchev–Trinajstić information content (AvgIpc) is 3.63. The summed E-state index contributed by atoms with van der Waals surface area (Å²) in [5.74, 6) is 2.77. The minimum absolute atomic E-state index is 0.186. The van der Waals surface area contributed by atoms with Crippen LogP contribution in [0.3, 0.4) is 0 Å². The first-order chi connectivity index (χ1) is 16.0. The second-order valence-corrected chi connectivity index (χ2v) is 11.7. The highest BCUT2D eigenvalue weighted by Crippen LogP contribution is 2.44. The van der Waals surface area contributed by atoms with Gasteiger partial charge in [-0.3, -0.25) is 14.0 Å². The quantitative estimate of drug-likeness (QED) is 0.639. The number of benzene rings is 1. The first-order valence-corrected chi connectivity index (χ1v) is 14.0. The van der Waals surface area contributed by atoms with Gasteiger partial charge in [0.25, 0.3) is 0 Å². The molecule has 0 bridgehead atoms. The molecule has 33 heavy (non-hydrogen) atoms. The number of carbonyl (C=O) groups is 1. The summed E-state index contributed by atoms with van der Waals surface area (Å²) >= 11 is 0. The van der Waals surface area contributed by atoms with Crippen molar-refractivity contribution in [3.63, 3.8) is 0 Å². The van der Waals surface area contributed by atoms with Gasteiger partial charge in [0.1, 0.15) is 5.75 Å². The van der Waals surface area contributed by atoms with E-state index in [1.807, 2.05) is 11.1 Å². The Morgan fingerprint density at radius 2 is 1.91 bits per heavy atom. The number of hydrogen-bond donors (Lipinski definition) is 1. The maximum atomic E-state index is 13.1. The third-order valence-electron chi connectivity index (χ3n) is 7.52. The van der Waals surface area contributed by atoms with Gasteiger partial charge in [-0.15, -0.1) is 0 Å². The third kappa shape index (κ3) is 4.75. The predicted molar refractivity (Wildman–Crippen MR) is 134 cm³/mol. The van der Waals surface area contributed by atoms with Crippen molar-refractivity contribution in [2.45, 2.75) is 82.9 Å². The van der Waals surface area contributed by atoms with Crippen LogP contribution in [0, 0.1) is 5.92 Å². The number of carbonyl (C=O) groups excluding carboxylic acids is 1. The maximum Gasteiger partial charge on any atom is 0.230 e. The van der Waals surface area contributed by atoms with E-state index < -0.39 is 10.8 Å². The van der Waals surface area contributed by atoms with Crippen LogP contribution in [-0.4, -0.2) is 46.0 Å².